The maximum atomic E-state index is 5.34. The highest BCUT2D eigenvalue weighted by molar-refractivity contribution is 5.01. The Labute approximate surface area is 72.8 Å². The van der Waals surface area contributed by atoms with Crippen LogP contribution in [0, 0.1) is 6.92 Å². The molecule has 0 bridgehead atoms. The molecule has 0 aliphatic heterocycles. The maximum Gasteiger partial charge on any atom is 0.105 e. The van der Waals surface area contributed by atoms with Gasteiger partial charge in [-0.2, -0.15) is 0 Å². The van der Waals surface area contributed by atoms with Gasteiger partial charge in [-0.1, -0.05) is 0 Å². The summed E-state index contributed by atoms with van der Waals surface area (Å²) in [5.74, 6) is 1.04. The first-order valence-corrected chi connectivity index (χ1v) is 4.13. The van der Waals surface area contributed by atoms with E-state index in [2.05, 4.69) is 10.3 Å². The van der Waals surface area contributed by atoms with Gasteiger partial charge in [-0.3, -0.25) is 0 Å². The molecule has 0 atom stereocenters. The Morgan fingerprint density at radius 2 is 2.42 bits per heavy atom. The summed E-state index contributed by atoms with van der Waals surface area (Å²) in [5, 5.41) is 3.19. The van der Waals surface area contributed by atoms with Crippen LogP contribution >= 0.6 is 0 Å². The molecule has 4 heteroatoms. The van der Waals surface area contributed by atoms with Gasteiger partial charge < -0.3 is 15.6 Å². The summed E-state index contributed by atoms with van der Waals surface area (Å²) in [6, 6.07) is 0. The van der Waals surface area contributed by atoms with Gasteiger partial charge in [-0.05, 0) is 6.92 Å². The van der Waals surface area contributed by atoms with E-state index in [0.717, 1.165) is 24.6 Å². The number of nitrogens with two attached hydrogens (primary N) is 1. The van der Waals surface area contributed by atoms with Gasteiger partial charge in [0.2, 0.25) is 0 Å². The fourth-order valence-electron chi connectivity index (χ4n) is 1.04. The SMILES string of the molecule is Cc1nc(CNCCN)cn1C. The largest absolute Gasteiger partial charge is 0.338 e. The lowest BCUT2D eigenvalue weighted by atomic mass is 10.4. The molecule has 0 saturated carbocycles. The molecule has 0 aliphatic carbocycles. The number of nitrogens with one attached hydrogen (secondary N) is 1. The van der Waals surface area contributed by atoms with E-state index in [0.29, 0.717) is 6.54 Å². The fraction of sp³-hybridized carbons (Fsp3) is 0.625. The van der Waals surface area contributed by atoms with Crippen LogP contribution in [-0.4, -0.2) is 22.6 Å². The van der Waals surface area contributed by atoms with Gasteiger partial charge in [0.25, 0.3) is 0 Å². The standard InChI is InChI=1S/C8H16N4/c1-7-11-8(6-12(7)2)5-10-4-3-9/h6,10H,3-5,9H2,1-2H3. The number of nitrogens with zero attached hydrogens (tertiary/aromatic N) is 2. The number of aryl methyl sites for hydroxylation is 2. The van der Waals surface area contributed by atoms with Gasteiger partial charge in [0.1, 0.15) is 5.82 Å². The predicted molar refractivity (Wildman–Crippen MR) is 48.7 cm³/mol. The van der Waals surface area contributed by atoms with Crippen LogP contribution in [-0.2, 0) is 13.6 Å². The monoisotopic (exact) mass is 168 g/mol. The number of hydrogen-bond acceptors (Lipinski definition) is 3. The van der Waals surface area contributed by atoms with E-state index in [-0.39, 0.29) is 0 Å². The molecule has 0 aliphatic rings. The van der Waals surface area contributed by atoms with Crippen molar-refractivity contribution >= 4 is 0 Å². The highest BCUT2D eigenvalue weighted by atomic mass is 15.1. The Morgan fingerprint density at radius 3 is 2.92 bits per heavy atom. The van der Waals surface area contributed by atoms with Gasteiger partial charge in [-0.25, -0.2) is 4.98 Å². The van der Waals surface area contributed by atoms with Crippen LogP contribution in [0.25, 0.3) is 0 Å². The summed E-state index contributed by atoms with van der Waals surface area (Å²) < 4.78 is 2.01. The summed E-state index contributed by atoms with van der Waals surface area (Å²) in [6.07, 6.45) is 2.03. The highest BCUT2D eigenvalue weighted by Gasteiger charge is 1.98. The van der Waals surface area contributed by atoms with Gasteiger partial charge in [0.15, 0.2) is 0 Å². The molecule has 0 saturated heterocycles. The summed E-state index contributed by atoms with van der Waals surface area (Å²) in [7, 11) is 1.99. The zero-order valence-electron chi connectivity index (χ0n) is 7.67. The molecule has 1 heterocycles. The van der Waals surface area contributed by atoms with Crippen LogP contribution in [0.4, 0.5) is 0 Å². The van der Waals surface area contributed by atoms with Crippen molar-refractivity contribution in [1.29, 1.82) is 0 Å². The third-order valence-electron chi connectivity index (χ3n) is 1.79. The molecule has 12 heavy (non-hydrogen) atoms. The van der Waals surface area contributed by atoms with E-state index in [1.54, 1.807) is 0 Å². The molecule has 68 valence electrons. The van der Waals surface area contributed by atoms with Crippen molar-refractivity contribution in [2.75, 3.05) is 13.1 Å². The van der Waals surface area contributed by atoms with Gasteiger partial charge in [0.05, 0.1) is 5.69 Å². The second-order valence-corrected chi connectivity index (χ2v) is 2.86. The van der Waals surface area contributed by atoms with Crippen LogP contribution in [0.1, 0.15) is 11.5 Å². The molecule has 0 aromatic carbocycles. The quantitative estimate of drug-likeness (QED) is 0.611. The minimum absolute atomic E-state index is 0.672. The summed E-state index contributed by atoms with van der Waals surface area (Å²) >= 11 is 0. The molecular weight excluding hydrogens is 152 g/mol. The zero-order valence-corrected chi connectivity index (χ0v) is 7.67. The lowest BCUT2D eigenvalue weighted by Gasteiger charge is -1.97. The molecule has 0 radical (unpaired) electrons. The molecule has 0 spiro atoms. The minimum atomic E-state index is 0.672. The van der Waals surface area contributed by atoms with Crippen molar-refractivity contribution in [2.45, 2.75) is 13.5 Å². The van der Waals surface area contributed by atoms with E-state index in [1.165, 1.54) is 0 Å². The Hall–Kier alpha value is -0.870. The molecule has 0 fully saturated rings. The number of aromatic nitrogens is 2. The third-order valence-corrected chi connectivity index (χ3v) is 1.79. The molecule has 3 N–H and O–H groups in total. The maximum absolute atomic E-state index is 5.34. The van der Waals surface area contributed by atoms with Crippen LogP contribution in [0.2, 0.25) is 0 Å². The number of imidazole rings is 1. The van der Waals surface area contributed by atoms with E-state index in [1.807, 2.05) is 24.7 Å². The van der Waals surface area contributed by atoms with Gasteiger partial charge >= 0.3 is 0 Å². The van der Waals surface area contributed by atoms with Crippen LogP contribution in [0.5, 0.6) is 0 Å². The van der Waals surface area contributed by atoms with Crippen molar-refractivity contribution in [1.82, 2.24) is 14.9 Å². The van der Waals surface area contributed by atoms with Crippen molar-refractivity contribution < 1.29 is 0 Å². The Kier molecular flexibility index (Phi) is 3.25. The highest BCUT2D eigenvalue weighted by Crippen LogP contribution is 1.98. The van der Waals surface area contributed by atoms with Crippen molar-refractivity contribution in [3.8, 4) is 0 Å². The van der Waals surface area contributed by atoms with E-state index in [4.69, 9.17) is 5.73 Å². The van der Waals surface area contributed by atoms with E-state index < -0.39 is 0 Å². The zero-order chi connectivity index (χ0) is 8.97. The third kappa shape index (κ3) is 2.32. The van der Waals surface area contributed by atoms with Gasteiger partial charge in [0, 0.05) is 32.9 Å². The lowest BCUT2D eigenvalue weighted by molar-refractivity contribution is 0.684. The van der Waals surface area contributed by atoms with E-state index in [9.17, 15) is 0 Å². The Morgan fingerprint density at radius 1 is 1.67 bits per heavy atom. The summed E-state index contributed by atoms with van der Waals surface area (Å²) in [4.78, 5) is 4.34. The average molecular weight is 168 g/mol. The first-order chi connectivity index (χ1) is 5.74. The molecule has 1 rings (SSSR count). The predicted octanol–water partition coefficient (Wildman–Crippen LogP) is -0.223. The molecule has 1 aromatic rings. The number of rotatable bonds is 4. The molecular formula is C8H16N4. The van der Waals surface area contributed by atoms with E-state index >= 15 is 0 Å². The summed E-state index contributed by atoms with van der Waals surface area (Å²) in [5.41, 5.74) is 6.41. The Bertz CT molecular complexity index is 222. The van der Waals surface area contributed by atoms with Crippen molar-refractivity contribution in [2.24, 2.45) is 12.8 Å². The normalized spacial score (nSPS) is 10.6. The Balaban J connectivity index is 2.42. The second kappa shape index (κ2) is 4.23. The van der Waals surface area contributed by atoms with Crippen LogP contribution in [0.3, 0.4) is 0 Å². The average Bonchev–Trinajstić information content (AvgIpc) is 2.32. The topological polar surface area (TPSA) is 55.9 Å². The fourth-order valence-corrected chi connectivity index (χ4v) is 1.04. The number of hydrogen-bond donors (Lipinski definition) is 2. The summed E-state index contributed by atoms with van der Waals surface area (Å²) in [6.45, 7) is 4.31. The van der Waals surface area contributed by atoms with Crippen molar-refractivity contribution in [3.63, 3.8) is 0 Å². The van der Waals surface area contributed by atoms with Crippen LogP contribution < -0.4 is 11.1 Å². The molecule has 0 unspecified atom stereocenters. The van der Waals surface area contributed by atoms with Crippen LogP contribution in [0.15, 0.2) is 6.20 Å². The molecule has 0 amide bonds. The first kappa shape index (κ1) is 9.22. The first-order valence-electron chi connectivity index (χ1n) is 4.13. The molecule has 4 nitrogen and oxygen atoms in total. The van der Waals surface area contributed by atoms with Crippen molar-refractivity contribution in [3.05, 3.63) is 17.7 Å². The lowest BCUT2D eigenvalue weighted by Crippen LogP contribution is -2.21. The second-order valence-electron chi connectivity index (χ2n) is 2.86. The molecule has 1 aromatic heterocycles. The van der Waals surface area contributed by atoms with Gasteiger partial charge in [-0.15, -0.1) is 0 Å². The smallest absolute Gasteiger partial charge is 0.105 e. The minimum Gasteiger partial charge on any atom is -0.338 e.